The summed E-state index contributed by atoms with van der Waals surface area (Å²) in [6, 6.07) is 10.2. The highest BCUT2D eigenvalue weighted by Crippen LogP contribution is 2.49. The Bertz CT molecular complexity index is 842. The molecule has 0 bridgehead atoms. The first-order valence-electron chi connectivity index (χ1n) is 8.30. The molecule has 1 fully saturated rings. The number of anilines is 1. The van der Waals surface area contributed by atoms with Gasteiger partial charge < -0.3 is 10.4 Å². The van der Waals surface area contributed by atoms with Crippen LogP contribution in [0.25, 0.3) is 0 Å². The van der Waals surface area contributed by atoms with Gasteiger partial charge in [0.15, 0.2) is 0 Å². The lowest BCUT2D eigenvalue weighted by atomic mass is 9.85. The van der Waals surface area contributed by atoms with Crippen molar-refractivity contribution in [3.63, 3.8) is 0 Å². The molecule has 2 atom stereocenters. The zero-order chi connectivity index (χ0) is 19.1. The molecule has 1 aliphatic rings. The number of carboxylic acid groups (broad SMARTS) is 1. The van der Waals surface area contributed by atoms with Gasteiger partial charge in [-0.15, -0.1) is 0 Å². The smallest absolute Gasteiger partial charge is 0.313 e. The third-order valence-electron chi connectivity index (χ3n) is 4.91. The molecule has 26 heavy (non-hydrogen) atoms. The van der Waals surface area contributed by atoms with E-state index in [1.54, 1.807) is 38.1 Å². The summed E-state index contributed by atoms with van der Waals surface area (Å²) in [4.78, 5) is 23.6. The van der Waals surface area contributed by atoms with Gasteiger partial charge in [-0.05, 0) is 50.1 Å². The van der Waals surface area contributed by atoms with E-state index in [2.05, 4.69) is 5.32 Å². The van der Waals surface area contributed by atoms with E-state index >= 15 is 0 Å². The molecule has 2 N–H and O–H groups in total. The van der Waals surface area contributed by atoms with E-state index in [1.165, 1.54) is 18.2 Å². The molecular weight excluding hydrogens is 340 g/mol. The van der Waals surface area contributed by atoms with Crippen LogP contribution in [0.2, 0.25) is 0 Å². The van der Waals surface area contributed by atoms with E-state index in [9.17, 15) is 23.5 Å². The number of carbonyl (C=O) groups excluding carboxylic acids is 1. The molecule has 1 amide bonds. The van der Waals surface area contributed by atoms with Crippen molar-refractivity contribution >= 4 is 17.6 Å². The van der Waals surface area contributed by atoms with E-state index < -0.39 is 34.9 Å². The maximum Gasteiger partial charge on any atom is 0.313 e. The second-order valence-electron chi connectivity index (χ2n) is 7.08. The van der Waals surface area contributed by atoms with Crippen LogP contribution in [0.3, 0.4) is 0 Å². The van der Waals surface area contributed by atoms with Crippen molar-refractivity contribution < 1.29 is 23.5 Å². The molecule has 2 aromatic carbocycles. The molecule has 0 saturated heterocycles. The normalized spacial score (nSPS) is 19.1. The summed E-state index contributed by atoms with van der Waals surface area (Å²) in [5.74, 6) is -3.45. The minimum atomic E-state index is -1.04. The lowest BCUT2D eigenvalue weighted by Crippen LogP contribution is -2.28. The van der Waals surface area contributed by atoms with Gasteiger partial charge in [-0.25, -0.2) is 8.78 Å². The molecule has 0 aromatic heterocycles. The average Bonchev–Trinajstić information content (AvgIpc) is 3.35. The van der Waals surface area contributed by atoms with E-state index in [0.29, 0.717) is 17.7 Å². The van der Waals surface area contributed by atoms with Crippen LogP contribution in [0.5, 0.6) is 0 Å². The first kappa shape index (κ1) is 18.0. The molecule has 0 spiro atoms. The van der Waals surface area contributed by atoms with E-state index in [4.69, 9.17) is 0 Å². The van der Waals surface area contributed by atoms with Gasteiger partial charge in [0.25, 0.3) is 0 Å². The zero-order valence-corrected chi connectivity index (χ0v) is 14.4. The summed E-state index contributed by atoms with van der Waals surface area (Å²) >= 11 is 0. The van der Waals surface area contributed by atoms with Crippen molar-refractivity contribution in [2.24, 2.45) is 5.92 Å². The summed E-state index contributed by atoms with van der Waals surface area (Å²) < 4.78 is 27.6. The van der Waals surface area contributed by atoms with Gasteiger partial charge in [0.05, 0.1) is 5.41 Å². The van der Waals surface area contributed by atoms with Gasteiger partial charge in [0.1, 0.15) is 11.6 Å². The summed E-state index contributed by atoms with van der Waals surface area (Å²) in [6.07, 6.45) is 0.397. The van der Waals surface area contributed by atoms with Crippen molar-refractivity contribution in [1.82, 2.24) is 0 Å². The van der Waals surface area contributed by atoms with Gasteiger partial charge in [-0.1, -0.05) is 18.2 Å². The Hall–Kier alpha value is -2.76. The number of aliphatic carboxylic acids is 1. The first-order chi connectivity index (χ1) is 12.2. The van der Waals surface area contributed by atoms with Gasteiger partial charge >= 0.3 is 5.97 Å². The van der Waals surface area contributed by atoms with Crippen LogP contribution in [0, 0.1) is 17.6 Å². The number of amides is 1. The van der Waals surface area contributed by atoms with Crippen LogP contribution < -0.4 is 5.32 Å². The molecule has 0 aliphatic heterocycles. The Morgan fingerprint density at radius 3 is 2.19 bits per heavy atom. The molecule has 6 heteroatoms. The predicted molar refractivity (Wildman–Crippen MR) is 92.9 cm³/mol. The van der Waals surface area contributed by atoms with Crippen molar-refractivity contribution in [2.45, 2.75) is 31.6 Å². The molecule has 4 nitrogen and oxygen atoms in total. The second-order valence-corrected chi connectivity index (χ2v) is 7.08. The maximum atomic E-state index is 13.8. The fraction of sp³-hybridized carbons (Fsp3) is 0.300. The largest absolute Gasteiger partial charge is 0.481 e. The number of hydrogen-bond acceptors (Lipinski definition) is 2. The molecular formula is C20H19F2NO3. The summed E-state index contributed by atoms with van der Waals surface area (Å²) in [5.41, 5.74) is 0.0541. The minimum absolute atomic E-state index is 0.0359. The SMILES string of the molecule is CC(C)(C(=O)O)c1ccc(NC(=O)C2CC2c2c(F)cccc2F)cc1. The van der Waals surface area contributed by atoms with Gasteiger partial charge in [-0.2, -0.15) is 0 Å². The minimum Gasteiger partial charge on any atom is -0.481 e. The zero-order valence-electron chi connectivity index (χ0n) is 14.4. The van der Waals surface area contributed by atoms with Crippen molar-refractivity contribution in [2.75, 3.05) is 5.32 Å². The van der Waals surface area contributed by atoms with Gasteiger partial charge in [0, 0.05) is 23.1 Å². The second kappa shape index (κ2) is 6.52. The summed E-state index contributed by atoms with van der Waals surface area (Å²) in [5, 5.41) is 12.0. The highest BCUT2D eigenvalue weighted by Gasteiger charge is 2.46. The van der Waals surface area contributed by atoms with E-state index in [1.807, 2.05) is 0 Å². The van der Waals surface area contributed by atoms with Crippen LogP contribution in [0.1, 0.15) is 37.3 Å². The van der Waals surface area contributed by atoms with Gasteiger partial charge in [-0.3, -0.25) is 9.59 Å². The first-order valence-corrected chi connectivity index (χ1v) is 8.30. The summed E-state index contributed by atoms with van der Waals surface area (Å²) in [7, 11) is 0. The summed E-state index contributed by atoms with van der Waals surface area (Å²) in [6.45, 7) is 3.20. The standard InChI is InChI=1S/C20H19F2NO3/c1-20(2,19(25)26)11-6-8-12(9-7-11)23-18(24)14-10-13(14)17-15(21)4-3-5-16(17)22/h3-9,13-14H,10H2,1-2H3,(H,23,24)(H,25,26). The molecule has 2 unspecified atom stereocenters. The number of carboxylic acids is 1. The highest BCUT2D eigenvalue weighted by atomic mass is 19.1. The lowest BCUT2D eigenvalue weighted by Gasteiger charge is -2.19. The number of carbonyl (C=O) groups is 2. The van der Waals surface area contributed by atoms with Crippen molar-refractivity contribution in [3.05, 3.63) is 65.2 Å². The third kappa shape index (κ3) is 3.31. The van der Waals surface area contributed by atoms with Gasteiger partial charge in [0.2, 0.25) is 5.91 Å². The van der Waals surface area contributed by atoms with Crippen LogP contribution in [0.4, 0.5) is 14.5 Å². The number of halogens is 2. The molecule has 0 radical (unpaired) electrons. The Morgan fingerprint density at radius 2 is 1.65 bits per heavy atom. The Balaban J connectivity index is 1.67. The average molecular weight is 359 g/mol. The topological polar surface area (TPSA) is 66.4 Å². The lowest BCUT2D eigenvalue weighted by molar-refractivity contribution is -0.142. The maximum absolute atomic E-state index is 13.8. The monoisotopic (exact) mass is 359 g/mol. The number of rotatable bonds is 5. The molecule has 2 aromatic rings. The van der Waals surface area contributed by atoms with Crippen LogP contribution in [-0.4, -0.2) is 17.0 Å². The van der Waals surface area contributed by atoms with Crippen molar-refractivity contribution in [3.8, 4) is 0 Å². The molecule has 1 saturated carbocycles. The Labute approximate surface area is 149 Å². The Kier molecular flexibility index (Phi) is 4.52. The Morgan fingerprint density at radius 1 is 1.08 bits per heavy atom. The predicted octanol–water partition coefficient (Wildman–Crippen LogP) is 4.07. The number of benzene rings is 2. The highest BCUT2D eigenvalue weighted by molar-refractivity contribution is 5.95. The number of nitrogens with one attached hydrogen (secondary N) is 1. The molecule has 1 aliphatic carbocycles. The third-order valence-corrected chi connectivity index (χ3v) is 4.91. The van der Waals surface area contributed by atoms with Crippen LogP contribution >= 0.6 is 0 Å². The fourth-order valence-electron chi connectivity index (χ4n) is 3.00. The fourth-order valence-corrected chi connectivity index (χ4v) is 3.00. The van der Waals surface area contributed by atoms with Crippen LogP contribution in [0.15, 0.2) is 42.5 Å². The van der Waals surface area contributed by atoms with E-state index in [-0.39, 0.29) is 11.5 Å². The van der Waals surface area contributed by atoms with Crippen molar-refractivity contribution in [1.29, 1.82) is 0 Å². The molecule has 0 heterocycles. The van der Waals surface area contributed by atoms with E-state index in [0.717, 1.165) is 0 Å². The quantitative estimate of drug-likeness (QED) is 0.846. The molecule has 136 valence electrons. The number of hydrogen-bond donors (Lipinski definition) is 2. The van der Waals surface area contributed by atoms with Crippen LogP contribution in [-0.2, 0) is 15.0 Å². The molecule has 3 rings (SSSR count).